The second kappa shape index (κ2) is 5.90. The molecule has 2 rings (SSSR count). The van der Waals surface area contributed by atoms with Crippen LogP contribution in [-0.2, 0) is 12.0 Å². The van der Waals surface area contributed by atoms with Crippen LogP contribution >= 0.6 is 11.6 Å². The molecular formula is C16H16ClF2N. The first-order valence-electron chi connectivity index (χ1n) is 6.44. The van der Waals surface area contributed by atoms with Crippen LogP contribution in [0.1, 0.15) is 24.5 Å². The van der Waals surface area contributed by atoms with Gasteiger partial charge >= 0.3 is 0 Å². The minimum absolute atomic E-state index is 0.0761. The zero-order chi connectivity index (χ0) is 14.8. The van der Waals surface area contributed by atoms with Crippen LogP contribution in [0.25, 0.3) is 0 Å². The van der Waals surface area contributed by atoms with Crippen molar-refractivity contribution in [1.29, 1.82) is 0 Å². The first kappa shape index (κ1) is 14.9. The van der Waals surface area contributed by atoms with Crippen molar-refractivity contribution in [3.05, 3.63) is 70.2 Å². The van der Waals surface area contributed by atoms with Gasteiger partial charge < -0.3 is 5.73 Å². The van der Waals surface area contributed by atoms with Gasteiger partial charge in [0.1, 0.15) is 11.6 Å². The van der Waals surface area contributed by atoms with E-state index in [0.717, 1.165) is 0 Å². The molecule has 0 aromatic heterocycles. The van der Waals surface area contributed by atoms with Crippen LogP contribution in [0.5, 0.6) is 0 Å². The average Bonchev–Trinajstić information content (AvgIpc) is 2.44. The fourth-order valence-corrected chi connectivity index (χ4v) is 2.45. The van der Waals surface area contributed by atoms with E-state index in [0.29, 0.717) is 24.0 Å². The Bertz CT molecular complexity index is 615. The van der Waals surface area contributed by atoms with Crippen molar-refractivity contribution in [3.63, 3.8) is 0 Å². The zero-order valence-corrected chi connectivity index (χ0v) is 11.9. The van der Waals surface area contributed by atoms with Crippen LogP contribution in [-0.4, -0.2) is 0 Å². The maximum Gasteiger partial charge on any atom is 0.142 e. The molecule has 0 bridgehead atoms. The lowest BCUT2D eigenvalue weighted by atomic mass is 9.82. The minimum Gasteiger partial charge on any atom is -0.321 e. The highest BCUT2D eigenvalue weighted by molar-refractivity contribution is 6.31. The van der Waals surface area contributed by atoms with E-state index in [-0.39, 0.29) is 10.8 Å². The Balaban J connectivity index is 2.39. The molecule has 0 aliphatic heterocycles. The van der Waals surface area contributed by atoms with E-state index < -0.39 is 11.4 Å². The molecule has 0 spiro atoms. The molecule has 106 valence electrons. The van der Waals surface area contributed by atoms with Gasteiger partial charge in [-0.05, 0) is 42.2 Å². The Labute approximate surface area is 122 Å². The summed E-state index contributed by atoms with van der Waals surface area (Å²) < 4.78 is 26.9. The molecule has 0 aliphatic rings. The van der Waals surface area contributed by atoms with Gasteiger partial charge in [0, 0.05) is 5.54 Å². The highest BCUT2D eigenvalue weighted by Gasteiger charge is 2.27. The molecule has 1 atom stereocenters. The van der Waals surface area contributed by atoms with Crippen LogP contribution in [0.2, 0.25) is 5.02 Å². The van der Waals surface area contributed by atoms with E-state index in [2.05, 4.69) is 0 Å². The highest BCUT2D eigenvalue weighted by Crippen LogP contribution is 2.30. The molecule has 20 heavy (non-hydrogen) atoms. The minimum atomic E-state index is -0.778. The van der Waals surface area contributed by atoms with Crippen molar-refractivity contribution in [2.45, 2.75) is 25.3 Å². The molecule has 0 amide bonds. The van der Waals surface area contributed by atoms with E-state index in [1.54, 1.807) is 24.3 Å². The van der Waals surface area contributed by atoms with Crippen molar-refractivity contribution in [1.82, 2.24) is 0 Å². The first-order valence-corrected chi connectivity index (χ1v) is 6.82. The lowest BCUT2D eigenvalue weighted by Crippen LogP contribution is -2.38. The van der Waals surface area contributed by atoms with Gasteiger partial charge in [-0.1, -0.05) is 42.8 Å². The number of hydrogen-bond acceptors (Lipinski definition) is 1. The van der Waals surface area contributed by atoms with Crippen molar-refractivity contribution in [2.75, 3.05) is 0 Å². The summed E-state index contributed by atoms with van der Waals surface area (Å²) >= 11 is 5.97. The molecular weight excluding hydrogens is 280 g/mol. The zero-order valence-electron chi connectivity index (χ0n) is 11.2. The largest absolute Gasteiger partial charge is 0.321 e. The normalized spacial score (nSPS) is 14.1. The van der Waals surface area contributed by atoms with Gasteiger partial charge in [-0.2, -0.15) is 0 Å². The molecule has 0 saturated heterocycles. The van der Waals surface area contributed by atoms with E-state index in [4.69, 9.17) is 17.3 Å². The fourth-order valence-electron chi connectivity index (χ4n) is 2.25. The molecule has 0 saturated carbocycles. The molecule has 4 heteroatoms. The number of hydrogen-bond donors (Lipinski definition) is 1. The summed E-state index contributed by atoms with van der Waals surface area (Å²) in [5.74, 6) is -0.807. The molecule has 0 aliphatic carbocycles. The molecule has 0 radical (unpaired) electrons. The summed E-state index contributed by atoms with van der Waals surface area (Å²) in [6.45, 7) is 1.91. The predicted molar refractivity (Wildman–Crippen MR) is 77.7 cm³/mol. The third-order valence-electron chi connectivity index (χ3n) is 3.57. The SMILES string of the molecule is CCC(N)(Cc1cccc(F)c1Cl)c1cccc(F)c1. The van der Waals surface area contributed by atoms with E-state index in [1.165, 1.54) is 18.2 Å². The Morgan fingerprint density at radius 1 is 1.15 bits per heavy atom. The highest BCUT2D eigenvalue weighted by atomic mass is 35.5. The molecule has 0 fully saturated rings. The van der Waals surface area contributed by atoms with Gasteiger partial charge in [0.15, 0.2) is 0 Å². The molecule has 2 aromatic carbocycles. The van der Waals surface area contributed by atoms with Crippen molar-refractivity contribution >= 4 is 11.6 Å². The summed E-state index contributed by atoms with van der Waals surface area (Å²) in [6.07, 6.45) is 0.937. The van der Waals surface area contributed by atoms with Crippen LogP contribution in [0, 0.1) is 11.6 Å². The second-order valence-corrected chi connectivity index (χ2v) is 5.29. The third kappa shape index (κ3) is 3.00. The van der Waals surface area contributed by atoms with Crippen LogP contribution in [0.4, 0.5) is 8.78 Å². The number of halogens is 3. The van der Waals surface area contributed by atoms with Crippen molar-refractivity contribution < 1.29 is 8.78 Å². The molecule has 2 N–H and O–H groups in total. The van der Waals surface area contributed by atoms with Crippen molar-refractivity contribution in [2.24, 2.45) is 5.73 Å². The first-order chi connectivity index (χ1) is 9.46. The monoisotopic (exact) mass is 295 g/mol. The van der Waals surface area contributed by atoms with Gasteiger partial charge in [0.25, 0.3) is 0 Å². The molecule has 1 nitrogen and oxygen atoms in total. The third-order valence-corrected chi connectivity index (χ3v) is 3.99. The van der Waals surface area contributed by atoms with Gasteiger partial charge in [0.05, 0.1) is 5.02 Å². The van der Waals surface area contributed by atoms with Crippen LogP contribution in [0.15, 0.2) is 42.5 Å². The molecule has 1 unspecified atom stereocenters. The molecule has 0 heterocycles. The molecule has 2 aromatic rings. The summed E-state index contributed by atoms with van der Waals surface area (Å²) in [6, 6.07) is 10.8. The average molecular weight is 296 g/mol. The van der Waals surface area contributed by atoms with Crippen LogP contribution in [0.3, 0.4) is 0 Å². The lowest BCUT2D eigenvalue weighted by Gasteiger charge is -2.29. The fraction of sp³-hybridized carbons (Fsp3) is 0.250. The predicted octanol–water partition coefficient (Wildman–Crippen LogP) is 4.42. The number of nitrogens with two attached hydrogens (primary N) is 1. The van der Waals surface area contributed by atoms with Gasteiger partial charge in [0.2, 0.25) is 0 Å². The number of rotatable bonds is 4. The van der Waals surface area contributed by atoms with E-state index in [1.807, 2.05) is 6.92 Å². The lowest BCUT2D eigenvalue weighted by molar-refractivity contribution is 0.421. The van der Waals surface area contributed by atoms with E-state index >= 15 is 0 Å². The topological polar surface area (TPSA) is 26.0 Å². The Hall–Kier alpha value is -1.45. The Morgan fingerprint density at radius 3 is 2.50 bits per heavy atom. The van der Waals surface area contributed by atoms with Crippen LogP contribution < -0.4 is 5.73 Å². The smallest absolute Gasteiger partial charge is 0.142 e. The summed E-state index contributed by atoms with van der Waals surface area (Å²) in [7, 11) is 0. The maximum absolute atomic E-state index is 13.5. The second-order valence-electron chi connectivity index (χ2n) is 4.91. The standard InChI is InChI=1S/C16H16ClF2N/c1-2-16(20,12-6-4-7-13(18)9-12)10-11-5-3-8-14(19)15(11)17/h3-9H,2,10,20H2,1H3. The quantitative estimate of drug-likeness (QED) is 0.887. The summed E-state index contributed by atoms with van der Waals surface area (Å²) in [5, 5.41) is 0.0761. The van der Waals surface area contributed by atoms with Crippen molar-refractivity contribution in [3.8, 4) is 0 Å². The number of benzene rings is 2. The maximum atomic E-state index is 13.5. The van der Waals surface area contributed by atoms with Gasteiger partial charge in [-0.25, -0.2) is 8.78 Å². The Morgan fingerprint density at radius 2 is 1.85 bits per heavy atom. The Kier molecular flexibility index (Phi) is 4.41. The summed E-state index contributed by atoms with van der Waals surface area (Å²) in [4.78, 5) is 0. The van der Waals surface area contributed by atoms with Gasteiger partial charge in [-0.3, -0.25) is 0 Å². The summed E-state index contributed by atoms with van der Waals surface area (Å²) in [5.41, 5.74) is 6.92. The van der Waals surface area contributed by atoms with Gasteiger partial charge in [-0.15, -0.1) is 0 Å². The van der Waals surface area contributed by atoms with E-state index in [9.17, 15) is 8.78 Å².